The highest BCUT2D eigenvalue weighted by Gasteiger charge is 2.31. The van der Waals surface area contributed by atoms with Gasteiger partial charge in [-0.3, -0.25) is 4.79 Å². The van der Waals surface area contributed by atoms with Crippen LogP contribution in [0.4, 0.5) is 13.2 Å². The Kier molecular flexibility index (Phi) is 6.62. The van der Waals surface area contributed by atoms with Gasteiger partial charge in [0, 0.05) is 37.9 Å². The number of alkyl halides is 3. The predicted molar refractivity (Wildman–Crippen MR) is 104 cm³/mol. The molecule has 1 fully saturated rings. The topological polar surface area (TPSA) is 41.4 Å². The van der Waals surface area contributed by atoms with E-state index in [1.165, 1.54) is 12.1 Å². The third kappa shape index (κ3) is 5.59. The lowest BCUT2D eigenvalue weighted by Crippen LogP contribution is -2.42. The summed E-state index contributed by atoms with van der Waals surface area (Å²) in [6.45, 7) is 2.19. The molecule has 0 spiro atoms. The first-order valence-corrected chi connectivity index (χ1v) is 9.83. The van der Waals surface area contributed by atoms with Gasteiger partial charge in [0.05, 0.1) is 12.1 Å². The lowest BCUT2D eigenvalue weighted by atomic mass is 9.84. The molecule has 1 saturated carbocycles. The molecule has 0 atom stereocenters. The quantitative estimate of drug-likeness (QED) is 0.670. The number of amides is 1. The van der Waals surface area contributed by atoms with Gasteiger partial charge in [0.1, 0.15) is 5.82 Å². The molecule has 0 bridgehead atoms. The average Bonchev–Trinajstić information content (AvgIpc) is 3.03. The Morgan fingerprint density at radius 3 is 2.41 bits per heavy atom. The van der Waals surface area contributed by atoms with Crippen LogP contribution in [0.5, 0.6) is 0 Å². The largest absolute Gasteiger partial charge is 0.416 e. The van der Waals surface area contributed by atoms with Crippen LogP contribution in [0.15, 0.2) is 36.7 Å². The van der Waals surface area contributed by atoms with Crippen molar-refractivity contribution < 1.29 is 18.0 Å². The van der Waals surface area contributed by atoms with Crippen LogP contribution in [-0.2, 0) is 24.1 Å². The minimum absolute atomic E-state index is 0.107. The molecule has 5 nitrogen and oxygen atoms in total. The Morgan fingerprint density at radius 1 is 1.17 bits per heavy atom. The number of hydrogen-bond acceptors (Lipinski definition) is 3. The number of carbonyl (C=O) groups excluding carboxylic acids is 1. The van der Waals surface area contributed by atoms with Crippen LogP contribution in [0.3, 0.4) is 0 Å². The van der Waals surface area contributed by atoms with Crippen LogP contribution < -0.4 is 0 Å². The smallest absolute Gasteiger partial charge is 0.334 e. The van der Waals surface area contributed by atoms with Gasteiger partial charge in [0.2, 0.25) is 5.91 Å². The first kappa shape index (κ1) is 21.4. The van der Waals surface area contributed by atoms with Gasteiger partial charge in [0.25, 0.3) is 0 Å². The van der Waals surface area contributed by atoms with Crippen LogP contribution in [0.2, 0.25) is 0 Å². The Labute approximate surface area is 169 Å². The summed E-state index contributed by atoms with van der Waals surface area (Å²) in [7, 11) is 3.94. The van der Waals surface area contributed by atoms with Crippen LogP contribution in [0.25, 0.3) is 0 Å². The summed E-state index contributed by atoms with van der Waals surface area (Å²) >= 11 is 0. The normalized spacial score (nSPS) is 14.8. The van der Waals surface area contributed by atoms with Gasteiger partial charge in [-0.2, -0.15) is 13.2 Å². The molecule has 1 aromatic heterocycles. The van der Waals surface area contributed by atoms with Crippen LogP contribution in [-0.4, -0.2) is 52.4 Å². The van der Waals surface area contributed by atoms with Crippen LogP contribution in [0, 0.1) is 5.92 Å². The van der Waals surface area contributed by atoms with E-state index in [1.54, 1.807) is 12.4 Å². The fraction of sp³-hybridized carbons (Fsp3) is 0.524. The highest BCUT2D eigenvalue weighted by molar-refractivity contribution is 5.79. The molecule has 0 saturated heterocycles. The summed E-state index contributed by atoms with van der Waals surface area (Å²) in [5.74, 6) is 1.01. The second kappa shape index (κ2) is 8.98. The standard InChI is InChI=1S/C21H27F3N4O/c1-26(2)12-13-28(20(29)17-4-3-5-17)15-19-25-10-11-27(19)14-16-6-8-18(9-7-16)21(22,23)24/h6-11,17H,3-5,12-15H2,1-2H3. The molecule has 1 aliphatic carbocycles. The Bertz CT molecular complexity index is 810. The SMILES string of the molecule is CN(C)CCN(Cc1nccn1Cc1ccc(C(F)(F)F)cc1)C(=O)C1CCC1. The number of hydrogen-bond donors (Lipinski definition) is 0. The molecule has 0 unspecified atom stereocenters. The van der Waals surface area contributed by atoms with E-state index in [0.29, 0.717) is 19.6 Å². The molecular formula is C21H27F3N4O. The molecule has 1 aromatic carbocycles. The minimum Gasteiger partial charge on any atom is -0.334 e. The molecule has 1 amide bonds. The Hall–Kier alpha value is -2.35. The van der Waals surface area contributed by atoms with Gasteiger partial charge in [-0.25, -0.2) is 4.98 Å². The summed E-state index contributed by atoms with van der Waals surface area (Å²) in [6, 6.07) is 5.15. The van der Waals surface area contributed by atoms with Gasteiger partial charge in [-0.15, -0.1) is 0 Å². The summed E-state index contributed by atoms with van der Waals surface area (Å²) in [6.07, 6.45) is 2.10. The molecular weight excluding hydrogens is 381 g/mol. The van der Waals surface area contributed by atoms with Gasteiger partial charge in [-0.05, 0) is 44.6 Å². The summed E-state index contributed by atoms with van der Waals surface area (Å²) in [4.78, 5) is 21.1. The first-order valence-electron chi connectivity index (χ1n) is 9.83. The van der Waals surface area contributed by atoms with Gasteiger partial charge < -0.3 is 14.4 Å². The Balaban J connectivity index is 1.70. The fourth-order valence-corrected chi connectivity index (χ4v) is 3.30. The van der Waals surface area contributed by atoms with Crippen LogP contribution >= 0.6 is 0 Å². The lowest BCUT2D eigenvalue weighted by Gasteiger charge is -2.32. The maximum atomic E-state index is 12.8. The van der Waals surface area contributed by atoms with E-state index >= 15 is 0 Å². The molecule has 2 aromatic rings. The summed E-state index contributed by atoms with van der Waals surface area (Å²) in [5.41, 5.74) is 0.0930. The zero-order chi connectivity index (χ0) is 21.0. The van der Waals surface area contributed by atoms with E-state index in [9.17, 15) is 18.0 Å². The monoisotopic (exact) mass is 408 g/mol. The van der Waals surface area contributed by atoms with E-state index in [4.69, 9.17) is 0 Å². The summed E-state index contributed by atoms with van der Waals surface area (Å²) in [5, 5.41) is 0. The number of imidazole rings is 1. The average molecular weight is 408 g/mol. The number of rotatable bonds is 8. The molecule has 29 heavy (non-hydrogen) atoms. The van der Waals surface area contributed by atoms with Crippen molar-refractivity contribution in [3.63, 3.8) is 0 Å². The molecule has 0 aliphatic heterocycles. The highest BCUT2D eigenvalue weighted by Crippen LogP contribution is 2.30. The third-order valence-corrected chi connectivity index (χ3v) is 5.35. The van der Waals surface area contributed by atoms with Gasteiger partial charge in [-0.1, -0.05) is 18.6 Å². The van der Waals surface area contributed by atoms with Gasteiger partial charge >= 0.3 is 6.18 Å². The third-order valence-electron chi connectivity index (χ3n) is 5.35. The number of carbonyl (C=O) groups is 1. The van der Waals surface area contributed by atoms with Crippen molar-refractivity contribution in [2.45, 2.75) is 38.5 Å². The van der Waals surface area contributed by atoms with Crippen molar-refractivity contribution in [1.29, 1.82) is 0 Å². The molecule has 0 radical (unpaired) electrons. The first-order chi connectivity index (χ1) is 13.7. The van der Waals surface area contributed by atoms with E-state index in [2.05, 4.69) is 4.98 Å². The molecule has 1 heterocycles. The fourth-order valence-electron chi connectivity index (χ4n) is 3.30. The number of nitrogens with zero attached hydrogens (tertiary/aromatic N) is 4. The van der Waals surface area contributed by atoms with E-state index in [1.807, 2.05) is 28.5 Å². The second-order valence-corrected chi connectivity index (χ2v) is 7.86. The van der Waals surface area contributed by atoms with Crippen LogP contribution in [0.1, 0.15) is 36.2 Å². The van der Waals surface area contributed by atoms with Crippen molar-refractivity contribution in [1.82, 2.24) is 19.4 Å². The maximum absolute atomic E-state index is 12.8. The lowest BCUT2D eigenvalue weighted by molar-refractivity contribution is -0.139. The number of likely N-dealkylation sites (N-methyl/N-ethyl adjacent to an activating group) is 1. The van der Waals surface area contributed by atoms with E-state index < -0.39 is 11.7 Å². The van der Waals surface area contributed by atoms with E-state index in [-0.39, 0.29) is 11.8 Å². The molecule has 158 valence electrons. The Morgan fingerprint density at radius 2 is 1.86 bits per heavy atom. The highest BCUT2D eigenvalue weighted by atomic mass is 19.4. The van der Waals surface area contributed by atoms with Crippen molar-refractivity contribution in [3.05, 3.63) is 53.6 Å². The molecule has 8 heteroatoms. The van der Waals surface area contributed by atoms with Crippen molar-refractivity contribution in [2.24, 2.45) is 5.92 Å². The summed E-state index contributed by atoms with van der Waals surface area (Å²) < 4.78 is 40.1. The minimum atomic E-state index is -4.34. The number of halogens is 3. The number of aromatic nitrogens is 2. The zero-order valence-corrected chi connectivity index (χ0v) is 16.8. The number of benzene rings is 1. The maximum Gasteiger partial charge on any atom is 0.416 e. The van der Waals surface area contributed by atoms with Crippen molar-refractivity contribution in [3.8, 4) is 0 Å². The molecule has 1 aliphatic rings. The zero-order valence-electron chi connectivity index (χ0n) is 16.8. The van der Waals surface area contributed by atoms with E-state index in [0.717, 1.165) is 49.3 Å². The molecule has 0 N–H and O–H groups in total. The van der Waals surface area contributed by atoms with Crippen molar-refractivity contribution in [2.75, 3.05) is 27.2 Å². The second-order valence-electron chi connectivity index (χ2n) is 7.86. The predicted octanol–water partition coefficient (Wildman–Crippen LogP) is 3.64. The molecule has 3 rings (SSSR count). The van der Waals surface area contributed by atoms with Gasteiger partial charge in [0.15, 0.2) is 0 Å². The van der Waals surface area contributed by atoms with Crippen molar-refractivity contribution >= 4 is 5.91 Å².